The number of hydrogen-bond donors (Lipinski definition) is 1. The van der Waals surface area contributed by atoms with Gasteiger partial charge in [-0.2, -0.15) is 4.98 Å². The number of hydrogen-bond acceptors (Lipinski definition) is 4. The molecule has 1 N–H and O–H groups in total. The summed E-state index contributed by atoms with van der Waals surface area (Å²) >= 11 is 0. The fourth-order valence-corrected chi connectivity index (χ4v) is 1.85. The molecule has 0 aliphatic rings. The van der Waals surface area contributed by atoms with Gasteiger partial charge in [-0.1, -0.05) is 42.8 Å². The summed E-state index contributed by atoms with van der Waals surface area (Å²) in [6.07, 6.45) is 1.54. The zero-order valence-electron chi connectivity index (χ0n) is 10.8. The minimum Gasteiger partial charge on any atom is -0.385 e. The normalized spacial score (nSPS) is 12.6. The Morgan fingerprint density at radius 3 is 2.83 bits per heavy atom. The topological polar surface area (TPSA) is 59.2 Å². The fraction of sp³-hybridized carbons (Fsp3) is 0.429. The van der Waals surface area contributed by atoms with E-state index in [0.29, 0.717) is 24.6 Å². The first-order valence-corrected chi connectivity index (χ1v) is 6.25. The van der Waals surface area contributed by atoms with Gasteiger partial charge in [0.05, 0.1) is 6.42 Å². The first kappa shape index (κ1) is 12.8. The van der Waals surface area contributed by atoms with Gasteiger partial charge in [0.15, 0.2) is 5.82 Å². The van der Waals surface area contributed by atoms with Crippen LogP contribution < -0.4 is 0 Å². The van der Waals surface area contributed by atoms with Crippen LogP contribution in [0, 0.1) is 6.92 Å². The van der Waals surface area contributed by atoms with Gasteiger partial charge < -0.3 is 9.63 Å². The third-order valence-electron chi connectivity index (χ3n) is 2.95. The number of aryl methyl sites for hydroxylation is 1. The first-order valence-electron chi connectivity index (χ1n) is 6.25. The van der Waals surface area contributed by atoms with Crippen LogP contribution in [0.25, 0.3) is 0 Å². The van der Waals surface area contributed by atoms with Crippen LogP contribution in [0.5, 0.6) is 0 Å². The van der Waals surface area contributed by atoms with Gasteiger partial charge in [-0.15, -0.1) is 0 Å². The Balaban J connectivity index is 2.09. The lowest BCUT2D eigenvalue weighted by Crippen LogP contribution is -1.99. The Kier molecular flexibility index (Phi) is 4.10. The quantitative estimate of drug-likeness (QED) is 0.881. The number of aromatic nitrogens is 2. The predicted molar refractivity (Wildman–Crippen MR) is 68.2 cm³/mol. The van der Waals surface area contributed by atoms with E-state index >= 15 is 0 Å². The molecular formula is C14H18N2O2. The van der Waals surface area contributed by atoms with E-state index in [2.05, 4.69) is 23.1 Å². The molecular weight excluding hydrogens is 228 g/mol. The molecule has 1 atom stereocenters. The molecule has 0 aliphatic carbocycles. The number of aliphatic hydroxyl groups excluding tert-OH is 1. The molecule has 1 heterocycles. The largest absolute Gasteiger partial charge is 0.385 e. The highest BCUT2D eigenvalue weighted by Gasteiger charge is 2.15. The first-order chi connectivity index (χ1) is 8.70. The maximum Gasteiger partial charge on any atom is 0.231 e. The van der Waals surface area contributed by atoms with Gasteiger partial charge in [0.1, 0.15) is 6.10 Å². The van der Waals surface area contributed by atoms with Gasteiger partial charge in [0.25, 0.3) is 0 Å². The minimum atomic E-state index is -0.621. The van der Waals surface area contributed by atoms with E-state index in [4.69, 9.17) is 4.52 Å². The summed E-state index contributed by atoms with van der Waals surface area (Å²) in [6.45, 7) is 4.07. The van der Waals surface area contributed by atoms with Crippen LogP contribution in [0.15, 0.2) is 28.8 Å². The Bertz CT molecular complexity index is 508. The maximum atomic E-state index is 9.77. The summed E-state index contributed by atoms with van der Waals surface area (Å²) in [7, 11) is 0. The van der Waals surface area contributed by atoms with Crippen LogP contribution in [-0.4, -0.2) is 15.2 Å². The lowest BCUT2D eigenvalue weighted by atomic mass is 10.1. The monoisotopic (exact) mass is 246 g/mol. The zero-order valence-corrected chi connectivity index (χ0v) is 10.8. The van der Waals surface area contributed by atoms with Crippen LogP contribution in [0.3, 0.4) is 0 Å². The van der Waals surface area contributed by atoms with Crippen molar-refractivity contribution in [1.82, 2.24) is 10.1 Å². The molecule has 0 aliphatic heterocycles. The van der Waals surface area contributed by atoms with Gasteiger partial charge in [-0.05, 0) is 24.5 Å². The molecule has 0 saturated heterocycles. The lowest BCUT2D eigenvalue weighted by Gasteiger charge is -2.02. The minimum absolute atomic E-state index is 0.389. The second-order valence-corrected chi connectivity index (χ2v) is 4.45. The van der Waals surface area contributed by atoms with Crippen molar-refractivity contribution < 1.29 is 9.63 Å². The van der Waals surface area contributed by atoms with Crippen molar-refractivity contribution in [3.8, 4) is 0 Å². The highest BCUT2D eigenvalue weighted by atomic mass is 16.5. The standard InChI is InChI=1S/C14H18N2O2/c1-3-6-12(17)14-15-13(18-16-14)9-11-8-5-4-7-10(11)2/h4-5,7-8,12,17H,3,6,9H2,1-2H3. The molecule has 0 amide bonds. The smallest absolute Gasteiger partial charge is 0.231 e. The van der Waals surface area contributed by atoms with Crippen molar-refractivity contribution in [2.45, 2.75) is 39.2 Å². The van der Waals surface area contributed by atoms with Crippen LogP contribution in [-0.2, 0) is 6.42 Å². The molecule has 0 fully saturated rings. The molecule has 4 heteroatoms. The lowest BCUT2D eigenvalue weighted by molar-refractivity contribution is 0.153. The molecule has 96 valence electrons. The van der Waals surface area contributed by atoms with Gasteiger partial charge >= 0.3 is 0 Å². The van der Waals surface area contributed by atoms with E-state index in [1.165, 1.54) is 5.56 Å². The second kappa shape index (κ2) is 5.78. The molecule has 18 heavy (non-hydrogen) atoms. The summed E-state index contributed by atoms with van der Waals surface area (Å²) < 4.78 is 5.17. The van der Waals surface area contributed by atoms with Gasteiger partial charge in [-0.25, -0.2) is 0 Å². The van der Waals surface area contributed by atoms with Crippen molar-refractivity contribution in [3.63, 3.8) is 0 Å². The third-order valence-corrected chi connectivity index (χ3v) is 2.95. The van der Waals surface area contributed by atoms with Crippen molar-refractivity contribution in [1.29, 1.82) is 0 Å². The molecule has 1 aromatic carbocycles. The second-order valence-electron chi connectivity index (χ2n) is 4.45. The van der Waals surface area contributed by atoms with E-state index in [1.807, 2.05) is 25.1 Å². The Hall–Kier alpha value is -1.68. The Morgan fingerprint density at radius 1 is 1.33 bits per heavy atom. The van der Waals surface area contributed by atoms with Crippen LogP contribution >= 0.6 is 0 Å². The maximum absolute atomic E-state index is 9.77. The predicted octanol–water partition coefficient (Wildman–Crippen LogP) is 2.80. The molecule has 1 unspecified atom stereocenters. The zero-order chi connectivity index (χ0) is 13.0. The number of nitrogens with zero attached hydrogens (tertiary/aromatic N) is 2. The van der Waals surface area contributed by atoms with Crippen molar-refractivity contribution in [2.24, 2.45) is 0 Å². The molecule has 0 spiro atoms. The Morgan fingerprint density at radius 2 is 2.11 bits per heavy atom. The van der Waals surface area contributed by atoms with Gasteiger partial charge in [-0.3, -0.25) is 0 Å². The van der Waals surface area contributed by atoms with E-state index < -0.39 is 6.10 Å². The average molecular weight is 246 g/mol. The average Bonchev–Trinajstić information content (AvgIpc) is 2.81. The fourth-order valence-electron chi connectivity index (χ4n) is 1.85. The highest BCUT2D eigenvalue weighted by Crippen LogP contribution is 2.17. The molecule has 2 aromatic rings. The van der Waals surface area contributed by atoms with E-state index in [-0.39, 0.29) is 0 Å². The van der Waals surface area contributed by atoms with E-state index in [0.717, 1.165) is 12.0 Å². The summed E-state index contributed by atoms with van der Waals surface area (Å²) in [5, 5.41) is 13.6. The summed E-state index contributed by atoms with van der Waals surface area (Å²) in [5.41, 5.74) is 2.36. The SMILES string of the molecule is CCCC(O)c1noc(Cc2ccccc2C)n1. The molecule has 0 saturated carbocycles. The summed E-state index contributed by atoms with van der Waals surface area (Å²) in [5.74, 6) is 0.940. The van der Waals surface area contributed by atoms with Crippen LogP contribution in [0.1, 0.15) is 48.7 Å². The number of benzene rings is 1. The van der Waals surface area contributed by atoms with Crippen LogP contribution in [0.2, 0.25) is 0 Å². The number of aliphatic hydroxyl groups is 1. The van der Waals surface area contributed by atoms with Crippen LogP contribution in [0.4, 0.5) is 0 Å². The highest BCUT2D eigenvalue weighted by molar-refractivity contribution is 5.27. The summed E-state index contributed by atoms with van der Waals surface area (Å²) in [4.78, 5) is 4.24. The number of rotatable bonds is 5. The molecule has 2 rings (SSSR count). The third kappa shape index (κ3) is 2.96. The van der Waals surface area contributed by atoms with E-state index in [1.54, 1.807) is 0 Å². The Labute approximate surface area is 107 Å². The van der Waals surface area contributed by atoms with Gasteiger partial charge in [0, 0.05) is 0 Å². The molecule has 0 bridgehead atoms. The molecule has 1 aromatic heterocycles. The van der Waals surface area contributed by atoms with Crippen molar-refractivity contribution in [2.75, 3.05) is 0 Å². The van der Waals surface area contributed by atoms with Gasteiger partial charge in [0.2, 0.25) is 5.89 Å². The summed E-state index contributed by atoms with van der Waals surface area (Å²) in [6, 6.07) is 8.09. The molecule has 4 nitrogen and oxygen atoms in total. The van der Waals surface area contributed by atoms with Crippen molar-refractivity contribution in [3.05, 3.63) is 47.1 Å². The molecule has 0 radical (unpaired) electrons. The van der Waals surface area contributed by atoms with Crippen molar-refractivity contribution >= 4 is 0 Å². The van der Waals surface area contributed by atoms with E-state index in [9.17, 15) is 5.11 Å².